The number of aldehydes is 1. The van der Waals surface area contributed by atoms with Crippen molar-refractivity contribution in [2.24, 2.45) is 11.3 Å². The summed E-state index contributed by atoms with van der Waals surface area (Å²) >= 11 is 1.52. The van der Waals surface area contributed by atoms with Crippen LogP contribution < -0.4 is 14.8 Å². The fourth-order valence-electron chi connectivity index (χ4n) is 7.50. The summed E-state index contributed by atoms with van der Waals surface area (Å²) in [7, 11) is -3.89. The maximum Gasteiger partial charge on any atom is 0.329 e. The van der Waals surface area contributed by atoms with E-state index in [0.717, 1.165) is 10.5 Å². The second kappa shape index (κ2) is 21.8. The molecule has 324 valence electrons. The SMILES string of the molecule is CCC(C)(C)C(=O)C(=O)N1CCCC[C@H]1C(=O)O[C@H](CCc1cccnc1)COCCNS(=O)(=O)NC[C@@H]1C[C@H](SC2=C(C=O)N(C(C)=O)[C@@H](C[C@@H](C)O)[C@H]2C)CN1. The van der Waals surface area contributed by atoms with Crippen LogP contribution >= 0.6 is 11.8 Å². The monoisotopic (exact) mass is 850 g/mol. The number of hydrogen-bond donors (Lipinski definition) is 4. The van der Waals surface area contributed by atoms with E-state index < -0.39 is 51.5 Å². The maximum atomic E-state index is 13.6. The van der Waals surface area contributed by atoms with E-state index in [-0.39, 0.29) is 55.5 Å². The Hall–Kier alpha value is -3.26. The number of allylic oxidation sites excluding steroid dienone is 1. The van der Waals surface area contributed by atoms with Crippen molar-refractivity contribution in [3.63, 3.8) is 0 Å². The van der Waals surface area contributed by atoms with Gasteiger partial charge in [-0.25, -0.2) is 9.52 Å². The number of carbonyl (C=O) groups excluding carboxylic acids is 5. The third kappa shape index (κ3) is 13.1. The minimum Gasteiger partial charge on any atom is -0.458 e. The molecule has 0 aliphatic carbocycles. The van der Waals surface area contributed by atoms with Crippen LogP contribution in [0, 0.1) is 11.3 Å². The van der Waals surface area contributed by atoms with Gasteiger partial charge in [0.1, 0.15) is 12.1 Å². The van der Waals surface area contributed by atoms with Crippen LogP contribution in [-0.2, 0) is 50.1 Å². The average molecular weight is 851 g/mol. The van der Waals surface area contributed by atoms with Gasteiger partial charge in [-0.05, 0) is 69.9 Å². The smallest absolute Gasteiger partial charge is 0.329 e. The number of carbonyl (C=O) groups is 5. The Labute approximate surface area is 347 Å². The van der Waals surface area contributed by atoms with Crippen LogP contribution in [0.5, 0.6) is 0 Å². The van der Waals surface area contributed by atoms with Crippen molar-refractivity contribution in [2.45, 2.75) is 128 Å². The van der Waals surface area contributed by atoms with E-state index in [9.17, 15) is 37.5 Å². The number of aryl methyl sites for hydroxylation is 1. The van der Waals surface area contributed by atoms with E-state index in [1.807, 2.05) is 26.0 Å². The van der Waals surface area contributed by atoms with Gasteiger partial charge >= 0.3 is 5.97 Å². The molecule has 4 N–H and O–H groups in total. The largest absolute Gasteiger partial charge is 0.458 e. The number of aromatic nitrogens is 1. The van der Waals surface area contributed by atoms with Gasteiger partial charge in [0.25, 0.3) is 16.1 Å². The third-order valence-electron chi connectivity index (χ3n) is 11.2. The normalized spacial score (nSPS) is 23.8. The van der Waals surface area contributed by atoms with Gasteiger partial charge in [-0.15, -0.1) is 11.8 Å². The van der Waals surface area contributed by atoms with Crippen molar-refractivity contribution < 1.29 is 47.0 Å². The fraction of sp³-hybridized carbons (Fsp3) is 0.700. The molecule has 3 aliphatic rings. The lowest BCUT2D eigenvalue weighted by atomic mass is 9.84. The quantitative estimate of drug-likeness (QED) is 0.0572. The molecule has 0 unspecified atom stereocenters. The third-order valence-corrected chi connectivity index (χ3v) is 13.9. The van der Waals surface area contributed by atoms with Crippen molar-refractivity contribution in [1.82, 2.24) is 29.5 Å². The highest BCUT2D eigenvalue weighted by Gasteiger charge is 2.43. The first-order valence-electron chi connectivity index (χ1n) is 20.3. The molecule has 16 nitrogen and oxygen atoms in total. The molecule has 2 fully saturated rings. The number of piperidine rings is 1. The van der Waals surface area contributed by atoms with E-state index in [4.69, 9.17) is 9.47 Å². The molecular formula is C40H62N6O10S2. The molecule has 0 saturated carbocycles. The van der Waals surface area contributed by atoms with Crippen LogP contribution in [0.2, 0.25) is 0 Å². The zero-order valence-corrected chi connectivity index (χ0v) is 36.2. The zero-order valence-electron chi connectivity index (χ0n) is 34.6. The molecule has 1 aromatic heterocycles. The minimum absolute atomic E-state index is 0.00339. The summed E-state index contributed by atoms with van der Waals surface area (Å²) in [5, 5.41) is 13.4. The van der Waals surface area contributed by atoms with Gasteiger partial charge in [0, 0.05) is 79.1 Å². The number of nitrogens with zero attached hydrogens (tertiary/aromatic N) is 3. The fourth-order valence-corrected chi connectivity index (χ4v) is 9.88. The number of hydrogen-bond acceptors (Lipinski definition) is 13. The Morgan fingerprint density at radius 2 is 1.97 bits per heavy atom. The van der Waals surface area contributed by atoms with E-state index >= 15 is 0 Å². The number of aliphatic hydroxyl groups is 1. The number of ether oxygens (including phenoxy) is 2. The standard InChI is InChI=1S/C40H62N6O10S2/c1-7-40(5,6)37(50)38(51)45-17-9-8-12-33(45)39(52)56-31(14-13-29-11-10-15-41-21-29)25-55-18-16-43-58(53,54)44-22-30-20-32(23-42-30)57-36-27(3)34(19-26(2)48)46(28(4)49)35(36)24-47/h10-11,15,21,24,26-27,30-34,42-44,48H,7-9,12-14,16-20,22-23,25H2,1-6H3/t26-,27-,30+,31-,32+,33+,34+/m1/s1. The highest BCUT2D eigenvalue weighted by Crippen LogP contribution is 2.44. The van der Waals surface area contributed by atoms with Crippen molar-refractivity contribution in [3.8, 4) is 0 Å². The molecule has 2 amide bonds. The number of rotatable bonds is 22. The summed E-state index contributed by atoms with van der Waals surface area (Å²) in [5.74, 6) is -2.19. The Morgan fingerprint density at radius 1 is 1.21 bits per heavy atom. The number of thioether (sulfide) groups is 1. The summed E-state index contributed by atoms with van der Waals surface area (Å²) in [6, 6.07) is 2.35. The molecule has 3 aliphatic heterocycles. The predicted octanol–water partition coefficient (Wildman–Crippen LogP) is 2.26. The number of Topliss-reactive ketones (excluding diaryl/α,β-unsaturated/α-hetero) is 1. The first-order valence-corrected chi connectivity index (χ1v) is 22.7. The zero-order chi connectivity index (χ0) is 42.6. The molecule has 2 saturated heterocycles. The molecule has 58 heavy (non-hydrogen) atoms. The Kier molecular flexibility index (Phi) is 17.9. The molecular weight excluding hydrogens is 789 g/mol. The summed E-state index contributed by atoms with van der Waals surface area (Å²) in [6.45, 7) is 11.2. The number of esters is 1. The van der Waals surface area contributed by atoms with Gasteiger partial charge in [-0.2, -0.15) is 13.1 Å². The van der Waals surface area contributed by atoms with Crippen LogP contribution in [-0.4, -0.2) is 133 Å². The molecule has 7 atom stereocenters. The van der Waals surface area contributed by atoms with Crippen LogP contribution in [0.3, 0.4) is 0 Å². The number of amides is 2. The number of nitrogens with one attached hydrogen (secondary N) is 3. The second-order valence-electron chi connectivity index (χ2n) is 16.1. The topological polar surface area (TPSA) is 214 Å². The van der Waals surface area contributed by atoms with Gasteiger partial charge in [-0.1, -0.05) is 33.8 Å². The molecule has 0 aromatic carbocycles. The van der Waals surface area contributed by atoms with Gasteiger partial charge in [-0.3, -0.25) is 24.2 Å². The molecule has 0 spiro atoms. The summed E-state index contributed by atoms with van der Waals surface area (Å²) < 4.78 is 42.5. The first-order chi connectivity index (χ1) is 27.5. The van der Waals surface area contributed by atoms with Gasteiger partial charge in [0.05, 0.1) is 25.0 Å². The van der Waals surface area contributed by atoms with Gasteiger partial charge < -0.3 is 29.7 Å². The van der Waals surface area contributed by atoms with Gasteiger partial charge in [0.15, 0.2) is 6.29 Å². The Bertz CT molecular complexity index is 1730. The lowest BCUT2D eigenvalue weighted by Gasteiger charge is -2.36. The van der Waals surface area contributed by atoms with E-state index in [1.165, 1.54) is 28.5 Å². The van der Waals surface area contributed by atoms with Crippen molar-refractivity contribution >= 4 is 51.8 Å². The van der Waals surface area contributed by atoms with E-state index in [1.54, 1.807) is 33.2 Å². The summed E-state index contributed by atoms with van der Waals surface area (Å²) in [4.78, 5) is 72.2. The lowest BCUT2D eigenvalue weighted by molar-refractivity contribution is -0.166. The highest BCUT2D eigenvalue weighted by molar-refractivity contribution is 8.03. The lowest BCUT2D eigenvalue weighted by Crippen LogP contribution is -2.53. The number of ketones is 1. The molecule has 4 rings (SSSR count). The van der Waals surface area contributed by atoms with Crippen LogP contribution in [0.1, 0.15) is 92.1 Å². The van der Waals surface area contributed by atoms with Crippen LogP contribution in [0.15, 0.2) is 35.1 Å². The van der Waals surface area contributed by atoms with Crippen molar-refractivity contribution in [1.29, 1.82) is 0 Å². The summed E-state index contributed by atoms with van der Waals surface area (Å²) in [6.07, 6.45) is 6.90. The van der Waals surface area contributed by atoms with Crippen molar-refractivity contribution in [2.75, 3.05) is 39.4 Å². The van der Waals surface area contributed by atoms with E-state index in [2.05, 4.69) is 19.7 Å². The van der Waals surface area contributed by atoms with Gasteiger partial charge in [0.2, 0.25) is 11.7 Å². The van der Waals surface area contributed by atoms with E-state index in [0.29, 0.717) is 76.4 Å². The number of likely N-dealkylation sites (tertiary alicyclic amines) is 1. The predicted molar refractivity (Wildman–Crippen MR) is 219 cm³/mol. The average Bonchev–Trinajstić information content (AvgIpc) is 3.76. The molecule has 18 heteroatoms. The molecule has 4 heterocycles. The second-order valence-corrected chi connectivity index (χ2v) is 19.1. The number of aliphatic hydroxyl groups excluding tert-OH is 1. The maximum absolute atomic E-state index is 13.6. The molecule has 0 radical (unpaired) electrons. The molecule has 1 aromatic rings. The Balaban J connectivity index is 1.26. The van der Waals surface area contributed by atoms with Crippen LogP contribution in [0.25, 0.3) is 0 Å². The van der Waals surface area contributed by atoms with Crippen molar-refractivity contribution in [3.05, 3.63) is 40.7 Å². The summed E-state index contributed by atoms with van der Waals surface area (Å²) in [5.41, 5.74) is 0.414. The Morgan fingerprint density at radius 3 is 2.62 bits per heavy atom. The minimum atomic E-state index is -3.89. The first kappa shape index (κ1) is 47.4. The number of pyridine rings is 1. The highest BCUT2D eigenvalue weighted by atomic mass is 32.2. The van der Waals surface area contributed by atoms with Crippen LogP contribution in [0.4, 0.5) is 0 Å². The molecule has 0 bridgehead atoms.